The first-order valence-corrected chi connectivity index (χ1v) is 5.76. The van der Waals surface area contributed by atoms with Crippen LogP contribution in [0.15, 0.2) is 0 Å². The summed E-state index contributed by atoms with van der Waals surface area (Å²) in [5.74, 6) is -1.74. The molecule has 0 aromatic rings. The molecule has 100 valence electrons. The summed E-state index contributed by atoms with van der Waals surface area (Å²) in [6.07, 6.45) is -3.80. The van der Waals surface area contributed by atoms with Crippen LogP contribution in [-0.2, 0) is 9.53 Å². The summed E-state index contributed by atoms with van der Waals surface area (Å²) in [5.41, 5.74) is 0. The number of nitrogens with zero attached hydrogens (tertiary/aromatic N) is 1. The lowest BCUT2D eigenvalue weighted by atomic mass is 9.97. The third-order valence-electron chi connectivity index (χ3n) is 2.78. The normalized spacial score (nSPS) is 22.0. The van der Waals surface area contributed by atoms with Gasteiger partial charge >= 0.3 is 6.18 Å². The zero-order chi connectivity index (χ0) is 13.1. The summed E-state index contributed by atoms with van der Waals surface area (Å²) < 4.78 is 42.7. The van der Waals surface area contributed by atoms with Crippen LogP contribution >= 0.6 is 0 Å². The minimum absolute atomic E-state index is 0.0952. The van der Waals surface area contributed by atoms with Gasteiger partial charge in [-0.3, -0.25) is 4.79 Å². The summed E-state index contributed by atoms with van der Waals surface area (Å²) in [7, 11) is 0. The molecule has 0 spiro atoms. The van der Waals surface area contributed by atoms with Crippen LogP contribution in [0.2, 0.25) is 0 Å². The molecule has 0 bridgehead atoms. The Labute approximate surface area is 98.9 Å². The van der Waals surface area contributed by atoms with E-state index in [0.717, 1.165) is 0 Å². The highest BCUT2D eigenvalue weighted by Gasteiger charge is 2.42. The number of hydrogen-bond donors (Lipinski definition) is 0. The Kier molecular flexibility index (Phi) is 4.80. The monoisotopic (exact) mass is 253 g/mol. The van der Waals surface area contributed by atoms with E-state index in [1.165, 1.54) is 4.90 Å². The van der Waals surface area contributed by atoms with Gasteiger partial charge in [0.05, 0.1) is 12.0 Å². The van der Waals surface area contributed by atoms with Crippen molar-refractivity contribution in [1.82, 2.24) is 4.90 Å². The second kappa shape index (κ2) is 5.71. The minimum atomic E-state index is -4.21. The third kappa shape index (κ3) is 4.53. The van der Waals surface area contributed by atoms with Crippen LogP contribution in [0.5, 0.6) is 0 Å². The number of amides is 1. The first kappa shape index (κ1) is 14.3. The van der Waals surface area contributed by atoms with Crippen molar-refractivity contribution in [1.29, 1.82) is 0 Å². The number of carbonyl (C=O) groups is 1. The Morgan fingerprint density at radius 1 is 1.47 bits per heavy atom. The van der Waals surface area contributed by atoms with E-state index in [-0.39, 0.29) is 31.6 Å². The van der Waals surface area contributed by atoms with Gasteiger partial charge in [0, 0.05) is 13.1 Å². The molecular formula is C11H18F3NO2. The van der Waals surface area contributed by atoms with Crippen LogP contribution in [0, 0.1) is 5.92 Å². The fourth-order valence-corrected chi connectivity index (χ4v) is 1.80. The standard InChI is InChI=1S/C11H18F3NO2/c1-8(2)17-7-10(16)15-5-3-4-9(6-15)11(12,13)14/h8-9H,3-7H2,1-2H3. The SMILES string of the molecule is CC(C)OCC(=O)N1CCCC(C(F)(F)F)C1. The van der Waals surface area contributed by atoms with Gasteiger partial charge in [-0.2, -0.15) is 13.2 Å². The number of ether oxygens (including phenoxy) is 1. The van der Waals surface area contributed by atoms with Gasteiger partial charge in [0.1, 0.15) is 6.61 Å². The molecule has 1 atom stereocenters. The number of halogens is 3. The molecule has 0 saturated carbocycles. The van der Waals surface area contributed by atoms with E-state index < -0.39 is 12.1 Å². The lowest BCUT2D eigenvalue weighted by Gasteiger charge is -2.33. The van der Waals surface area contributed by atoms with Crippen LogP contribution in [0.1, 0.15) is 26.7 Å². The Bertz CT molecular complexity index is 266. The molecule has 1 heterocycles. The topological polar surface area (TPSA) is 29.5 Å². The molecular weight excluding hydrogens is 235 g/mol. The molecule has 0 aromatic heterocycles. The highest BCUT2D eigenvalue weighted by atomic mass is 19.4. The molecule has 0 N–H and O–H groups in total. The van der Waals surface area contributed by atoms with Gasteiger partial charge in [-0.1, -0.05) is 0 Å². The maximum Gasteiger partial charge on any atom is 0.393 e. The van der Waals surface area contributed by atoms with Crippen molar-refractivity contribution in [2.75, 3.05) is 19.7 Å². The predicted molar refractivity (Wildman–Crippen MR) is 56.4 cm³/mol. The van der Waals surface area contributed by atoms with Crippen LogP contribution in [0.25, 0.3) is 0 Å². The average Bonchev–Trinajstić information content (AvgIpc) is 2.25. The molecule has 0 aliphatic carbocycles. The summed E-state index contributed by atoms with van der Waals surface area (Å²) in [6.45, 7) is 3.59. The van der Waals surface area contributed by atoms with Gasteiger partial charge in [-0.05, 0) is 26.7 Å². The van der Waals surface area contributed by atoms with E-state index in [0.29, 0.717) is 13.0 Å². The van der Waals surface area contributed by atoms with Crippen molar-refractivity contribution in [2.24, 2.45) is 5.92 Å². The van der Waals surface area contributed by atoms with Crippen molar-refractivity contribution in [2.45, 2.75) is 39.0 Å². The third-order valence-corrected chi connectivity index (χ3v) is 2.78. The van der Waals surface area contributed by atoms with Crippen molar-refractivity contribution in [3.8, 4) is 0 Å². The van der Waals surface area contributed by atoms with E-state index in [4.69, 9.17) is 4.74 Å². The molecule has 1 unspecified atom stereocenters. The zero-order valence-corrected chi connectivity index (χ0v) is 10.1. The first-order chi connectivity index (χ1) is 7.80. The smallest absolute Gasteiger partial charge is 0.369 e. The molecule has 1 fully saturated rings. The summed E-state index contributed by atoms with van der Waals surface area (Å²) in [6, 6.07) is 0. The highest BCUT2D eigenvalue weighted by Crippen LogP contribution is 2.33. The van der Waals surface area contributed by atoms with Gasteiger partial charge in [0.2, 0.25) is 5.91 Å². The van der Waals surface area contributed by atoms with Crippen LogP contribution < -0.4 is 0 Å². The maximum absolute atomic E-state index is 12.5. The van der Waals surface area contributed by atoms with E-state index in [2.05, 4.69) is 0 Å². The quantitative estimate of drug-likeness (QED) is 0.771. The van der Waals surface area contributed by atoms with Crippen molar-refractivity contribution < 1.29 is 22.7 Å². The van der Waals surface area contributed by atoms with Gasteiger partial charge in [-0.15, -0.1) is 0 Å². The lowest BCUT2D eigenvalue weighted by Crippen LogP contribution is -2.46. The molecule has 0 radical (unpaired) electrons. The van der Waals surface area contributed by atoms with E-state index >= 15 is 0 Å². The molecule has 6 heteroatoms. The number of rotatable bonds is 3. The fraction of sp³-hybridized carbons (Fsp3) is 0.909. The summed E-state index contributed by atoms with van der Waals surface area (Å²) in [4.78, 5) is 12.9. The van der Waals surface area contributed by atoms with Gasteiger partial charge in [0.25, 0.3) is 0 Å². The lowest BCUT2D eigenvalue weighted by molar-refractivity contribution is -0.188. The number of likely N-dealkylation sites (tertiary alicyclic amines) is 1. The Balaban J connectivity index is 2.46. The molecule has 1 saturated heterocycles. The number of carbonyl (C=O) groups excluding carboxylic acids is 1. The van der Waals surface area contributed by atoms with Gasteiger partial charge in [-0.25, -0.2) is 0 Å². The molecule has 1 amide bonds. The maximum atomic E-state index is 12.5. The minimum Gasteiger partial charge on any atom is -0.369 e. The van der Waals surface area contributed by atoms with Crippen LogP contribution in [0.3, 0.4) is 0 Å². The summed E-state index contributed by atoms with van der Waals surface area (Å²) >= 11 is 0. The van der Waals surface area contributed by atoms with Crippen molar-refractivity contribution >= 4 is 5.91 Å². The molecule has 3 nitrogen and oxygen atoms in total. The number of piperidine rings is 1. The van der Waals surface area contributed by atoms with Crippen molar-refractivity contribution in [3.05, 3.63) is 0 Å². The number of alkyl halides is 3. The zero-order valence-electron chi connectivity index (χ0n) is 10.1. The van der Waals surface area contributed by atoms with Gasteiger partial charge in [0.15, 0.2) is 0 Å². The predicted octanol–water partition coefficient (Wildman–Crippen LogP) is 2.21. The van der Waals surface area contributed by atoms with Crippen molar-refractivity contribution in [3.63, 3.8) is 0 Å². The molecule has 1 aliphatic heterocycles. The Morgan fingerprint density at radius 2 is 2.12 bits per heavy atom. The summed E-state index contributed by atoms with van der Waals surface area (Å²) in [5, 5.41) is 0. The van der Waals surface area contributed by atoms with E-state index in [9.17, 15) is 18.0 Å². The molecule has 1 aliphatic rings. The van der Waals surface area contributed by atoms with E-state index in [1.807, 2.05) is 0 Å². The number of hydrogen-bond acceptors (Lipinski definition) is 2. The average molecular weight is 253 g/mol. The second-order valence-electron chi connectivity index (χ2n) is 4.58. The fourth-order valence-electron chi connectivity index (χ4n) is 1.80. The Morgan fingerprint density at radius 3 is 2.65 bits per heavy atom. The van der Waals surface area contributed by atoms with Crippen LogP contribution in [-0.4, -0.2) is 42.8 Å². The van der Waals surface area contributed by atoms with E-state index in [1.54, 1.807) is 13.8 Å². The first-order valence-electron chi connectivity index (χ1n) is 5.76. The molecule has 0 aromatic carbocycles. The molecule has 1 rings (SSSR count). The van der Waals surface area contributed by atoms with Crippen LogP contribution in [0.4, 0.5) is 13.2 Å². The van der Waals surface area contributed by atoms with Gasteiger partial charge < -0.3 is 9.64 Å². The second-order valence-corrected chi connectivity index (χ2v) is 4.58. The largest absolute Gasteiger partial charge is 0.393 e. The Hall–Kier alpha value is -0.780. The highest BCUT2D eigenvalue weighted by molar-refractivity contribution is 5.77. The molecule has 17 heavy (non-hydrogen) atoms.